The van der Waals surface area contributed by atoms with Crippen LogP contribution in [0.25, 0.3) is 0 Å². The molecule has 1 N–H and O–H groups in total. The van der Waals surface area contributed by atoms with Gasteiger partial charge in [0.05, 0.1) is 17.6 Å². The first-order valence-electron chi connectivity index (χ1n) is 8.19. The van der Waals surface area contributed by atoms with Gasteiger partial charge in [-0.2, -0.15) is 0 Å². The van der Waals surface area contributed by atoms with Crippen molar-refractivity contribution in [3.05, 3.63) is 47.6 Å². The molecule has 3 rings (SSSR count). The molecule has 25 heavy (non-hydrogen) atoms. The lowest BCUT2D eigenvalue weighted by Crippen LogP contribution is -2.46. The van der Waals surface area contributed by atoms with Crippen LogP contribution in [0.15, 0.2) is 42.6 Å². The van der Waals surface area contributed by atoms with Gasteiger partial charge in [0.1, 0.15) is 5.82 Å². The molecule has 1 aromatic heterocycles. The summed E-state index contributed by atoms with van der Waals surface area (Å²) in [7, 11) is -3.27. The van der Waals surface area contributed by atoms with E-state index in [1.807, 2.05) is 24.3 Å². The zero-order valence-electron chi connectivity index (χ0n) is 14.0. The summed E-state index contributed by atoms with van der Waals surface area (Å²) >= 11 is 6.06. The second kappa shape index (κ2) is 7.49. The molecule has 0 spiro atoms. The van der Waals surface area contributed by atoms with E-state index in [0.29, 0.717) is 5.69 Å². The quantitative estimate of drug-likeness (QED) is 0.864. The number of piperazine rings is 1. The fourth-order valence-electron chi connectivity index (χ4n) is 2.75. The van der Waals surface area contributed by atoms with Crippen LogP contribution in [0.2, 0.25) is 5.02 Å². The second-order valence-corrected chi connectivity index (χ2v) is 8.31. The Hall–Kier alpha value is -1.99. The van der Waals surface area contributed by atoms with Crippen LogP contribution >= 0.6 is 11.6 Å². The standard InChI is InChI=1S/C17H21ClN4O2S/c1-2-25(23,24)20-15-6-7-17(19-13-15)22-10-8-21(9-11-22)16-5-3-4-14(18)12-16/h3-7,12-13,20H,2,8-11H2,1H3. The zero-order valence-corrected chi connectivity index (χ0v) is 15.6. The molecule has 1 aromatic carbocycles. The average molecular weight is 381 g/mol. The summed E-state index contributed by atoms with van der Waals surface area (Å²) in [6, 6.07) is 11.5. The lowest BCUT2D eigenvalue weighted by Gasteiger charge is -2.36. The number of aromatic nitrogens is 1. The number of hydrogen-bond acceptors (Lipinski definition) is 5. The smallest absolute Gasteiger partial charge is 0.232 e. The molecule has 0 unspecified atom stereocenters. The number of benzene rings is 1. The second-order valence-electron chi connectivity index (χ2n) is 5.86. The van der Waals surface area contributed by atoms with Gasteiger partial charge in [-0.3, -0.25) is 4.72 Å². The van der Waals surface area contributed by atoms with E-state index in [4.69, 9.17) is 11.6 Å². The summed E-state index contributed by atoms with van der Waals surface area (Å²) in [6.07, 6.45) is 1.56. The van der Waals surface area contributed by atoms with Gasteiger partial charge in [0.2, 0.25) is 10.0 Å². The van der Waals surface area contributed by atoms with E-state index >= 15 is 0 Å². The molecule has 8 heteroatoms. The number of nitrogens with one attached hydrogen (secondary N) is 1. The Bertz CT molecular complexity index is 819. The van der Waals surface area contributed by atoms with Gasteiger partial charge in [0, 0.05) is 36.9 Å². The van der Waals surface area contributed by atoms with E-state index in [-0.39, 0.29) is 5.75 Å². The fraction of sp³-hybridized carbons (Fsp3) is 0.353. The van der Waals surface area contributed by atoms with Gasteiger partial charge in [0.15, 0.2) is 0 Å². The molecular formula is C17H21ClN4O2S. The van der Waals surface area contributed by atoms with Crippen molar-refractivity contribution in [3.63, 3.8) is 0 Å². The van der Waals surface area contributed by atoms with Crippen molar-refractivity contribution in [1.82, 2.24) is 4.98 Å². The predicted molar refractivity (Wildman–Crippen MR) is 103 cm³/mol. The van der Waals surface area contributed by atoms with E-state index < -0.39 is 10.0 Å². The van der Waals surface area contributed by atoms with Crippen molar-refractivity contribution in [1.29, 1.82) is 0 Å². The molecule has 0 aliphatic carbocycles. The number of rotatable bonds is 5. The minimum atomic E-state index is -3.27. The highest BCUT2D eigenvalue weighted by Crippen LogP contribution is 2.23. The Morgan fingerprint density at radius 1 is 1.12 bits per heavy atom. The molecule has 0 radical (unpaired) electrons. The summed E-state index contributed by atoms with van der Waals surface area (Å²) in [5.41, 5.74) is 1.62. The molecule has 0 atom stereocenters. The first-order chi connectivity index (χ1) is 12.0. The topological polar surface area (TPSA) is 65.5 Å². The van der Waals surface area contributed by atoms with Crippen molar-refractivity contribution in [2.45, 2.75) is 6.92 Å². The lowest BCUT2D eigenvalue weighted by molar-refractivity contribution is 0.602. The Balaban J connectivity index is 1.61. The van der Waals surface area contributed by atoms with E-state index in [0.717, 1.165) is 42.7 Å². The van der Waals surface area contributed by atoms with Gasteiger partial charge in [-0.15, -0.1) is 0 Å². The third kappa shape index (κ3) is 4.55. The molecule has 0 amide bonds. The molecular weight excluding hydrogens is 360 g/mol. The van der Waals surface area contributed by atoms with Gasteiger partial charge < -0.3 is 9.80 Å². The number of halogens is 1. The normalized spacial score (nSPS) is 15.3. The Morgan fingerprint density at radius 3 is 2.44 bits per heavy atom. The predicted octanol–water partition coefficient (Wildman–Crippen LogP) is 2.82. The first-order valence-corrected chi connectivity index (χ1v) is 10.2. The van der Waals surface area contributed by atoms with E-state index in [9.17, 15) is 8.42 Å². The molecule has 134 valence electrons. The monoisotopic (exact) mass is 380 g/mol. The summed E-state index contributed by atoms with van der Waals surface area (Å²) < 4.78 is 25.7. The van der Waals surface area contributed by atoms with Crippen LogP contribution in [0.5, 0.6) is 0 Å². The molecule has 1 fully saturated rings. The number of hydrogen-bond donors (Lipinski definition) is 1. The third-order valence-electron chi connectivity index (χ3n) is 4.18. The van der Waals surface area contributed by atoms with Crippen LogP contribution in [0.4, 0.5) is 17.2 Å². The van der Waals surface area contributed by atoms with Gasteiger partial charge in [-0.25, -0.2) is 13.4 Å². The van der Waals surface area contributed by atoms with Crippen molar-refractivity contribution in [3.8, 4) is 0 Å². The van der Waals surface area contributed by atoms with Gasteiger partial charge >= 0.3 is 0 Å². The largest absolute Gasteiger partial charge is 0.368 e. The van der Waals surface area contributed by atoms with Gasteiger partial charge in [-0.1, -0.05) is 17.7 Å². The summed E-state index contributed by atoms with van der Waals surface area (Å²) in [5, 5.41) is 0.742. The number of anilines is 3. The van der Waals surface area contributed by atoms with Crippen LogP contribution in [0.1, 0.15) is 6.92 Å². The van der Waals surface area contributed by atoms with Crippen LogP contribution < -0.4 is 14.5 Å². The van der Waals surface area contributed by atoms with E-state index in [2.05, 4.69) is 25.6 Å². The summed E-state index contributed by atoms with van der Waals surface area (Å²) in [4.78, 5) is 8.88. The molecule has 2 heterocycles. The molecule has 6 nitrogen and oxygen atoms in total. The van der Waals surface area contributed by atoms with Gasteiger partial charge in [-0.05, 0) is 37.3 Å². The Kier molecular flexibility index (Phi) is 5.34. The number of sulfonamides is 1. The van der Waals surface area contributed by atoms with Crippen LogP contribution in [0, 0.1) is 0 Å². The molecule has 1 aliphatic rings. The average Bonchev–Trinajstić information content (AvgIpc) is 2.62. The molecule has 0 bridgehead atoms. The number of nitrogens with zero attached hydrogens (tertiary/aromatic N) is 3. The summed E-state index contributed by atoms with van der Waals surface area (Å²) in [6.45, 7) is 5.06. The molecule has 1 saturated heterocycles. The van der Waals surface area contributed by atoms with E-state index in [1.165, 1.54) is 0 Å². The highest BCUT2D eigenvalue weighted by Gasteiger charge is 2.18. The van der Waals surface area contributed by atoms with Crippen molar-refractivity contribution < 1.29 is 8.42 Å². The van der Waals surface area contributed by atoms with Crippen LogP contribution in [0.3, 0.4) is 0 Å². The Labute approximate surface area is 153 Å². The van der Waals surface area contributed by atoms with Gasteiger partial charge in [0.25, 0.3) is 0 Å². The lowest BCUT2D eigenvalue weighted by atomic mass is 10.2. The van der Waals surface area contributed by atoms with E-state index in [1.54, 1.807) is 19.2 Å². The maximum absolute atomic E-state index is 11.6. The molecule has 2 aromatic rings. The minimum Gasteiger partial charge on any atom is -0.368 e. The van der Waals surface area contributed by atoms with Crippen LogP contribution in [-0.4, -0.2) is 45.3 Å². The Morgan fingerprint density at radius 2 is 1.84 bits per heavy atom. The summed E-state index contributed by atoms with van der Waals surface area (Å²) in [5.74, 6) is 0.894. The number of pyridine rings is 1. The maximum atomic E-state index is 11.6. The zero-order chi connectivity index (χ0) is 17.9. The van der Waals surface area contributed by atoms with Crippen molar-refractivity contribution >= 4 is 38.8 Å². The third-order valence-corrected chi connectivity index (χ3v) is 5.72. The molecule has 0 saturated carbocycles. The first kappa shape index (κ1) is 17.8. The minimum absolute atomic E-state index is 0.0419. The van der Waals surface area contributed by atoms with Crippen molar-refractivity contribution in [2.75, 3.05) is 46.5 Å². The highest BCUT2D eigenvalue weighted by molar-refractivity contribution is 7.92. The maximum Gasteiger partial charge on any atom is 0.232 e. The van der Waals surface area contributed by atoms with Crippen molar-refractivity contribution in [2.24, 2.45) is 0 Å². The van der Waals surface area contributed by atoms with Crippen LogP contribution in [-0.2, 0) is 10.0 Å². The molecule has 1 aliphatic heterocycles. The fourth-order valence-corrected chi connectivity index (χ4v) is 3.56. The highest BCUT2D eigenvalue weighted by atomic mass is 35.5. The SMILES string of the molecule is CCS(=O)(=O)Nc1ccc(N2CCN(c3cccc(Cl)c3)CC2)nc1.